The van der Waals surface area contributed by atoms with Gasteiger partial charge in [-0.25, -0.2) is 9.59 Å². The van der Waals surface area contributed by atoms with Crippen molar-refractivity contribution in [3.05, 3.63) is 17.7 Å². The first kappa shape index (κ1) is 19.4. The highest BCUT2D eigenvalue weighted by Crippen LogP contribution is 2.37. The maximum atomic E-state index is 12.5. The lowest BCUT2D eigenvalue weighted by molar-refractivity contribution is -0.143. The maximum absolute atomic E-state index is 12.5. The number of carbonyl (C=O) groups excluding carboxylic acids is 2. The van der Waals surface area contributed by atoms with Crippen LogP contribution in [-0.2, 0) is 9.53 Å². The zero-order valence-electron chi connectivity index (χ0n) is 14.9. The lowest BCUT2D eigenvalue weighted by Crippen LogP contribution is -2.42. The number of piperidine rings is 1. The van der Waals surface area contributed by atoms with Crippen molar-refractivity contribution in [2.75, 3.05) is 39.7 Å². The number of urea groups is 1. The molecule has 1 aliphatic heterocycles. The zero-order valence-corrected chi connectivity index (χ0v) is 14.9. The van der Waals surface area contributed by atoms with Crippen molar-refractivity contribution in [2.45, 2.75) is 12.8 Å². The number of nitrogens with one attached hydrogen (secondary N) is 1. The Morgan fingerprint density at radius 3 is 2.27 bits per heavy atom. The Kier molecular flexibility index (Phi) is 6.26. The second-order valence-corrected chi connectivity index (χ2v) is 5.78. The molecule has 1 heterocycles. The number of ether oxygens (including phenoxy) is 3. The molecule has 1 aromatic rings. The van der Waals surface area contributed by atoms with E-state index in [1.165, 1.54) is 38.4 Å². The smallest absolute Gasteiger partial charge is 0.338 e. The summed E-state index contributed by atoms with van der Waals surface area (Å²) in [6.07, 6.45) is 0.789. The van der Waals surface area contributed by atoms with Crippen LogP contribution in [0.1, 0.15) is 23.2 Å². The quantitative estimate of drug-likeness (QED) is 0.764. The molecule has 1 aliphatic rings. The van der Waals surface area contributed by atoms with Crippen molar-refractivity contribution in [3.8, 4) is 11.5 Å². The summed E-state index contributed by atoms with van der Waals surface area (Å²) in [7, 11) is 4.09. The van der Waals surface area contributed by atoms with E-state index in [9.17, 15) is 14.4 Å². The van der Waals surface area contributed by atoms with Crippen molar-refractivity contribution in [2.24, 2.45) is 5.92 Å². The highest BCUT2D eigenvalue weighted by Gasteiger charge is 2.28. The Morgan fingerprint density at radius 2 is 1.77 bits per heavy atom. The van der Waals surface area contributed by atoms with Gasteiger partial charge in [0.1, 0.15) is 0 Å². The Bertz CT molecular complexity index is 697. The Labute approximate surface area is 150 Å². The molecule has 1 fully saturated rings. The fourth-order valence-corrected chi connectivity index (χ4v) is 2.82. The van der Waals surface area contributed by atoms with Crippen LogP contribution in [0.3, 0.4) is 0 Å². The summed E-state index contributed by atoms with van der Waals surface area (Å²) >= 11 is 0. The van der Waals surface area contributed by atoms with E-state index in [0.717, 1.165) is 0 Å². The fraction of sp³-hybridized carbons (Fsp3) is 0.471. The Hall–Kier alpha value is -2.97. The van der Waals surface area contributed by atoms with Crippen molar-refractivity contribution in [1.29, 1.82) is 0 Å². The normalized spacial score (nSPS) is 14.5. The van der Waals surface area contributed by atoms with E-state index in [-0.39, 0.29) is 22.7 Å². The summed E-state index contributed by atoms with van der Waals surface area (Å²) in [5, 5.41) is 11.7. The third kappa shape index (κ3) is 4.16. The molecule has 0 bridgehead atoms. The number of benzene rings is 1. The lowest BCUT2D eigenvalue weighted by atomic mass is 9.97. The van der Waals surface area contributed by atoms with Gasteiger partial charge in [0.15, 0.2) is 11.5 Å². The molecule has 0 unspecified atom stereocenters. The average molecular weight is 366 g/mol. The minimum atomic E-state index is -0.845. The molecule has 9 nitrogen and oxygen atoms in total. The summed E-state index contributed by atoms with van der Waals surface area (Å²) in [5.41, 5.74) is 0.461. The van der Waals surface area contributed by atoms with Crippen LogP contribution in [0.15, 0.2) is 12.1 Å². The number of anilines is 1. The van der Waals surface area contributed by atoms with Gasteiger partial charge in [-0.15, -0.1) is 0 Å². The molecule has 0 radical (unpaired) electrons. The molecule has 0 aliphatic carbocycles. The molecule has 0 atom stereocenters. The van der Waals surface area contributed by atoms with Crippen LogP contribution < -0.4 is 14.8 Å². The van der Waals surface area contributed by atoms with Crippen LogP contribution in [0.4, 0.5) is 10.5 Å². The molecule has 9 heteroatoms. The van der Waals surface area contributed by atoms with Crippen LogP contribution in [0.2, 0.25) is 0 Å². The van der Waals surface area contributed by atoms with Crippen LogP contribution in [-0.4, -0.2) is 62.4 Å². The van der Waals surface area contributed by atoms with E-state index >= 15 is 0 Å². The van der Waals surface area contributed by atoms with Gasteiger partial charge in [0.05, 0.1) is 38.5 Å². The van der Waals surface area contributed by atoms with Gasteiger partial charge < -0.3 is 29.5 Å². The monoisotopic (exact) mass is 366 g/mol. The third-order valence-corrected chi connectivity index (χ3v) is 4.27. The van der Waals surface area contributed by atoms with Crippen LogP contribution in [0.25, 0.3) is 0 Å². The Balaban J connectivity index is 2.20. The highest BCUT2D eigenvalue weighted by atomic mass is 16.5. The number of carboxylic acid groups (broad SMARTS) is 1. The van der Waals surface area contributed by atoms with Gasteiger partial charge in [0.25, 0.3) is 0 Å². The first-order chi connectivity index (χ1) is 12.4. The molecule has 0 spiro atoms. The SMILES string of the molecule is COC(=O)c1cc(NC(=O)N2CCC(C(=O)O)CC2)c(OC)c(OC)c1. The second-order valence-electron chi connectivity index (χ2n) is 5.78. The Morgan fingerprint density at radius 1 is 1.12 bits per heavy atom. The van der Waals surface area contributed by atoms with Crippen molar-refractivity contribution in [1.82, 2.24) is 4.90 Å². The van der Waals surface area contributed by atoms with E-state index in [1.54, 1.807) is 0 Å². The number of carbonyl (C=O) groups is 3. The standard InChI is InChI=1S/C17H22N2O7/c1-24-13-9-11(16(22)26-3)8-12(14(13)25-2)18-17(23)19-6-4-10(5-7-19)15(20)21/h8-10H,4-7H2,1-3H3,(H,18,23)(H,20,21). The van der Waals surface area contributed by atoms with E-state index in [1.807, 2.05) is 0 Å². The predicted octanol–water partition coefficient (Wildman–Crippen LogP) is 1.82. The molecule has 0 aromatic heterocycles. The van der Waals surface area contributed by atoms with Gasteiger partial charge in [-0.1, -0.05) is 0 Å². The molecule has 1 saturated heterocycles. The van der Waals surface area contributed by atoms with Crippen molar-refractivity contribution in [3.63, 3.8) is 0 Å². The van der Waals surface area contributed by atoms with Gasteiger partial charge in [0, 0.05) is 13.1 Å². The predicted molar refractivity (Wildman–Crippen MR) is 91.8 cm³/mol. The lowest BCUT2D eigenvalue weighted by Gasteiger charge is -2.30. The first-order valence-corrected chi connectivity index (χ1v) is 8.04. The van der Waals surface area contributed by atoms with Gasteiger partial charge in [-0.3, -0.25) is 4.79 Å². The molecule has 0 saturated carbocycles. The van der Waals surface area contributed by atoms with Gasteiger partial charge in [-0.2, -0.15) is 0 Å². The number of hydrogen-bond acceptors (Lipinski definition) is 6. The summed E-state index contributed by atoms with van der Waals surface area (Å²) in [6.45, 7) is 0.665. The molecule has 26 heavy (non-hydrogen) atoms. The molecule has 2 rings (SSSR count). The van der Waals surface area contributed by atoms with Crippen LogP contribution >= 0.6 is 0 Å². The summed E-state index contributed by atoms with van der Waals surface area (Å²) in [4.78, 5) is 36.9. The minimum absolute atomic E-state index is 0.199. The van der Waals surface area contributed by atoms with Crippen molar-refractivity contribution >= 4 is 23.7 Å². The first-order valence-electron chi connectivity index (χ1n) is 8.04. The number of likely N-dealkylation sites (tertiary alicyclic amines) is 1. The molecular weight excluding hydrogens is 344 g/mol. The molecule has 1 aromatic carbocycles. The number of aliphatic carboxylic acids is 1. The molecule has 142 valence electrons. The molecular formula is C17H22N2O7. The topological polar surface area (TPSA) is 114 Å². The largest absolute Gasteiger partial charge is 0.493 e. The number of hydrogen-bond donors (Lipinski definition) is 2. The van der Waals surface area contributed by atoms with Crippen LogP contribution in [0, 0.1) is 5.92 Å². The number of methoxy groups -OCH3 is 3. The third-order valence-electron chi connectivity index (χ3n) is 4.27. The van der Waals surface area contributed by atoms with Crippen LogP contribution in [0.5, 0.6) is 11.5 Å². The van der Waals surface area contributed by atoms with E-state index in [4.69, 9.17) is 19.3 Å². The maximum Gasteiger partial charge on any atom is 0.338 e. The molecule has 2 N–H and O–H groups in total. The molecule has 2 amide bonds. The van der Waals surface area contributed by atoms with Gasteiger partial charge in [0.2, 0.25) is 0 Å². The summed E-state index contributed by atoms with van der Waals surface area (Å²) in [6, 6.07) is 2.49. The number of esters is 1. The number of rotatable bonds is 5. The number of nitrogens with zero attached hydrogens (tertiary/aromatic N) is 1. The van der Waals surface area contributed by atoms with E-state index in [0.29, 0.717) is 25.9 Å². The van der Waals surface area contributed by atoms with Gasteiger partial charge in [-0.05, 0) is 25.0 Å². The summed E-state index contributed by atoms with van der Waals surface area (Å²) in [5.74, 6) is -1.31. The number of carboxylic acids is 1. The average Bonchev–Trinajstić information content (AvgIpc) is 2.66. The zero-order chi connectivity index (χ0) is 19.3. The minimum Gasteiger partial charge on any atom is -0.493 e. The second kappa shape index (κ2) is 8.41. The van der Waals surface area contributed by atoms with Gasteiger partial charge >= 0.3 is 18.0 Å². The summed E-state index contributed by atoms with van der Waals surface area (Å²) < 4.78 is 15.2. The highest BCUT2D eigenvalue weighted by molar-refractivity contribution is 5.96. The number of amides is 2. The van der Waals surface area contributed by atoms with E-state index < -0.39 is 23.9 Å². The fourth-order valence-electron chi connectivity index (χ4n) is 2.82. The van der Waals surface area contributed by atoms with Crippen molar-refractivity contribution < 1.29 is 33.7 Å². The van der Waals surface area contributed by atoms with E-state index in [2.05, 4.69) is 5.32 Å².